The zero-order valence-corrected chi connectivity index (χ0v) is 15.3. The SMILES string of the molecule is O=C(Nc1ccccc1N1CCOCC1)c1ccc(N2CCOCC2)nc1. The summed E-state index contributed by atoms with van der Waals surface area (Å²) in [5.41, 5.74) is 2.37. The predicted molar refractivity (Wildman–Crippen MR) is 105 cm³/mol. The van der Waals surface area contributed by atoms with Crippen molar-refractivity contribution in [1.82, 2.24) is 4.98 Å². The quantitative estimate of drug-likeness (QED) is 0.891. The lowest BCUT2D eigenvalue weighted by molar-refractivity contribution is 0.102. The van der Waals surface area contributed by atoms with E-state index in [4.69, 9.17) is 9.47 Å². The van der Waals surface area contributed by atoms with Gasteiger partial charge in [0.25, 0.3) is 5.91 Å². The number of nitrogens with one attached hydrogen (secondary N) is 1. The van der Waals surface area contributed by atoms with Crippen LogP contribution >= 0.6 is 0 Å². The van der Waals surface area contributed by atoms with E-state index in [1.165, 1.54) is 0 Å². The molecule has 1 aromatic heterocycles. The van der Waals surface area contributed by atoms with Crippen molar-refractivity contribution < 1.29 is 14.3 Å². The van der Waals surface area contributed by atoms with Gasteiger partial charge in [0.1, 0.15) is 5.82 Å². The zero-order chi connectivity index (χ0) is 18.5. The van der Waals surface area contributed by atoms with Crippen molar-refractivity contribution in [2.75, 3.05) is 67.7 Å². The molecule has 2 fully saturated rings. The summed E-state index contributed by atoms with van der Waals surface area (Å²) in [7, 11) is 0. The van der Waals surface area contributed by atoms with Crippen molar-refractivity contribution in [3.63, 3.8) is 0 Å². The molecule has 0 saturated carbocycles. The van der Waals surface area contributed by atoms with Gasteiger partial charge in [-0.3, -0.25) is 4.79 Å². The molecule has 7 nitrogen and oxygen atoms in total. The molecule has 0 atom stereocenters. The van der Waals surface area contributed by atoms with Gasteiger partial charge in [-0.25, -0.2) is 4.98 Å². The average molecular weight is 368 g/mol. The van der Waals surface area contributed by atoms with E-state index >= 15 is 0 Å². The molecule has 0 aliphatic carbocycles. The zero-order valence-electron chi connectivity index (χ0n) is 15.3. The Morgan fingerprint density at radius 2 is 1.56 bits per heavy atom. The second-order valence-corrected chi connectivity index (χ2v) is 6.58. The molecule has 1 N–H and O–H groups in total. The standard InChI is InChI=1S/C20H24N4O3/c25-20(16-5-6-19(21-15-16)24-9-13-27-14-10-24)22-17-3-1-2-4-18(17)23-7-11-26-12-8-23/h1-6,15H,7-14H2,(H,22,25). The van der Waals surface area contributed by atoms with E-state index in [2.05, 4.69) is 20.1 Å². The van der Waals surface area contributed by atoms with E-state index in [1.807, 2.05) is 36.4 Å². The van der Waals surface area contributed by atoms with Gasteiger partial charge in [0.05, 0.1) is 43.4 Å². The summed E-state index contributed by atoms with van der Waals surface area (Å²) >= 11 is 0. The average Bonchev–Trinajstić information content (AvgIpc) is 2.75. The molecule has 2 aliphatic rings. The smallest absolute Gasteiger partial charge is 0.257 e. The maximum Gasteiger partial charge on any atom is 0.257 e. The summed E-state index contributed by atoms with van der Waals surface area (Å²) in [5.74, 6) is 0.723. The number of rotatable bonds is 4. The number of hydrogen-bond donors (Lipinski definition) is 1. The van der Waals surface area contributed by atoms with Crippen molar-refractivity contribution in [3.8, 4) is 0 Å². The summed E-state index contributed by atoms with van der Waals surface area (Å²) in [6, 6.07) is 11.6. The minimum atomic E-state index is -0.156. The molecular weight excluding hydrogens is 344 g/mol. The Morgan fingerprint density at radius 1 is 0.889 bits per heavy atom. The Kier molecular flexibility index (Phi) is 5.50. The molecule has 2 aromatic rings. The van der Waals surface area contributed by atoms with Gasteiger partial charge in [-0.05, 0) is 24.3 Å². The van der Waals surface area contributed by atoms with Crippen LogP contribution in [0.3, 0.4) is 0 Å². The number of ether oxygens (including phenoxy) is 2. The van der Waals surface area contributed by atoms with E-state index in [9.17, 15) is 4.79 Å². The minimum Gasteiger partial charge on any atom is -0.378 e. The van der Waals surface area contributed by atoms with Crippen molar-refractivity contribution in [1.29, 1.82) is 0 Å². The molecule has 4 rings (SSSR count). The molecule has 0 bridgehead atoms. The number of pyridine rings is 1. The first-order chi connectivity index (χ1) is 13.3. The van der Waals surface area contributed by atoms with E-state index in [0.717, 1.165) is 43.4 Å². The third-order valence-corrected chi connectivity index (χ3v) is 4.85. The Bertz CT molecular complexity index is 769. The molecule has 3 heterocycles. The summed E-state index contributed by atoms with van der Waals surface area (Å²) in [6.07, 6.45) is 1.64. The third-order valence-electron chi connectivity index (χ3n) is 4.85. The second-order valence-electron chi connectivity index (χ2n) is 6.58. The summed E-state index contributed by atoms with van der Waals surface area (Å²) in [6.45, 7) is 6.12. The van der Waals surface area contributed by atoms with Gasteiger partial charge in [0, 0.05) is 32.4 Å². The Hall–Kier alpha value is -2.64. The number of nitrogens with zero attached hydrogens (tertiary/aromatic N) is 3. The molecule has 1 aromatic carbocycles. The number of para-hydroxylation sites is 2. The highest BCUT2D eigenvalue weighted by Gasteiger charge is 2.17. The molecule has 0 radical (unpaired) electrons. The highest BCUT2D eigenvalue weighted by molar-refractivity contribution is 6.05. The maximum absolute atomic E-state index is 12.7. The summed E-state index contributed by atoms with van der Waals surface area (Å²) < 4.78 is 10.8. The predicted octanol–water partition coefficient (Wildman–Crippen LogP) is 2.01. The van der Waals surface area contributed by atoms with Crippen LogP contribution in [0, 0.1) is 0 Å². The van der Waals surface area contributed by atoms with Crippen molar-refractivity contribution in [2.45, 2.75) is 0 Å². The van der Waals surface area contributed by atoms with Gasteiger partial charge in [-0.2, -0.15) is 0 Å². The molecule has 0 unspecified atom stereocenters. The van der Waals surface area contributed by atoms with Crippen LogP contribution in [0.5, 0.6) is 0 Å². The van der Waals surface area contributed by atoms with Crippen LogP contribution in [-0.4, -0.2) is 63.5 Å². The fourth-order valence-corrected chi connectivity index (χ4v) is 3.35. The normalized spacial score (nSPS) is 17.6. The first-order valence-electron chi connectivity index (χ1n) is 9.33. The first kappa shape index (κ1) is 17.8. The lowest BCUT2D eigenvalue weighted by Gasteiger charge is -2.30. The van der Waals surface area contributed by atoms with Crippen molar-refractivity contribution >= 4 is 23.1 Å². The van der Waals surface area contributed by atoms with Crippen LogP contribution in [-0.2, 0) is 9.47 Å². The van der Waals surface area contributed by atoms with Gasteiger partial charge >= 0.3 is 0 Å². The molecule has 27 heavy (non-hydrogen) atoms. The van der Waals surface area contributed by atoms with Crippen LogP contribution in [0.15, 0.2) is 42.6 Å². The highest BCUT2D eigenvalue weighted by Crippen LogP contribution is 2.27. The topological polar surface area (TPSA) is 66.9 Å². The van der Waals surface area contributed by atoms with E-state index in [-0.39, 0.29) is 5.91 Å². The van der Waals surface area contributed by atoms with E-state index in [0.29, 0.717) is 32.0 Å². The Morgan fingerprint density at radius 3 is 2.22 bits per heavy atom. The molecular formula is C20H24N4O3. The number of hydrogen-bond acceptors (Lipinski definition) is 6. The Balaban J connectivity index is 1.46. The fourth-order valence-electron chi connectivity index (χ4n) is 3.35. The largest absolute Gasteiger partial charge is 0.378 e. The van der Waals surface area contributed by atoms with Crippen LogP contribution in [0.4, 0.5) is 17.2 Å². The summed E-state index contributed by atoms with van der Waals surface area (Å²) in [4.78, 5) is 21.6. The van der Waals surface area contributed by atoms with Gasteiger partial charge in [0.2, 0.25) is 0 Å². The van der Waals surface area contributed by atoms with Crippen molar-refractivity contribution in [3.05, 3.63) is 48.2 Å². The van der Waals surface area contributed by atoms with Crippen LogP contribution in [0.25, 0.3) is 0 Å². The number of carbonyl (C=O) groups is 1. The number of carbonyl (C=O) groups excluding carboxylic acids is 1. The maximum atomic E-state index is 12.7. The van der Waals surface area contributed by atoms with Crippen LogP contribution in [0.2, 0.25) is 0 Å². The lowest BCUT2D eigenvalue weighted by Crippen LogP contribution is -2.37. The molecule has 7 heteroatoms. The summed E-state index contributed by atoms with van der Waals surface area (Å²) in [5, 5.41) is 3.03. The molecule has 2 saturated heterocycles. The molecule has 0 spiro atoms. The molecule has 2 aliphatic heterocycles. The van der Waals surface area contributed by atoms with Crippen LogP contribution in [0.1, 0.15) is 10.4 Å². The highest BCUT2D eigenvalue weighted by atomic mass is 16.5. The number of anilines is 3. The van der Waals surface area contributed by atoms with Gasteiger partial charge in [0.15, 0.2) is 0 Å². The van der Waals surface area contributed by atoms with Gasteiger partial charge < -0.3 is 24.6 Å². The lowest BCUT2D eigenvalue weighted by atomic mass is 10.2. The number of morpholine rings is 2. The van der Waals surface area contributed by atoms with Gasteiger partial charge in [-0.1, -0.05) is 12.1 Å². The van der Waals surface area contributed by atoms with Crippen molar-refractivity contribution in [2.24, 2.45) is 0 Å². The number of benzene rings is 1. The van der Waals surface area contributed by atoms with E-state index < -0.39 is 0 Å². The van der Waals surface area contributed by atoms with Gasteiger partial charge in [-0.15, -0.1) is 0 Å². The molecule has 1 amide bonds. The van der Waals surface area contributed by atoms with E-state index in [1.54, 1.807) is 6.20 Å². The monoisotopic (exact) mass is 368 g/mol. The van der Waals surface area contributed by atoms with Crippen LogP contribution < -0.4 is 15.1 Å². The minimum absolute atomic E-state index is 0.156. The Labute approximate surface area is 158 Å². The fraction of sp³-hybridized carbons (Fsp3) is 0.400. The first-order valence-corrected chi connectivity index (χ1v) is 9.33. The number of aromatic nitrogens is 1. The molecule has 142 valence electrons. The third kappa shape index (κ3) is 4.20. The number of amides is 1. The second kappa shape index (κ2) is 8.37.